The molecule has 38 heavy (non-hydrogen) atoms. The molecule has 4 heterocycles. The predicted octanol–water partition coefficient (Wildman–Crippen LogP) is 3.90. The lowest BCUT2D eigenvalue weighted by atomic mass is 10.2. The van der Waals surface area contributed by atoms with Gasteiger partial charge in [0.2, 0.25) is 5.88 Å². The maximum absolute atomic E-state index is 14.9. The van der Waals surface area contributed by atoms with Crippen LogP contribution in [0.1, 0.15) is 15.9 Å². The molecule has 0 atom stereocenters. The summed E-state index contributed by atoms with van der Waals surface area (Å²) >= 11 is 5.97. The Bertz CT molecular complexity index is 1460. The summed E-state index contributed by atoms with van der Waals surface area (Å²) in [4.78, 5) is 25.2. The van der Waals surface area contributed by atoms with E-state index in [1.165, 1.54) is 30.7 Å². The molecule has 198 valence electrons. The minimum absolute atomic E-state index is 0.0545. The van der Waals surface area contributed by atoms with E-state index in [-0.39, 0.29) is 28.0 Å². The average molecular weight is 540 g/mol. The first kappa shape index (κ1) is 25.8. The summed E-state index contributed by atoms with van der Waals surface area (Å²) in [6.07, 6.45) is 4.58. The lowest BCUT2D eigenvalue weighted by molar-refractivity contribution is 0.102. The molecule has 0 spiro atoms. The number of aromatic nitrogens is 4. The highest BCUT2D eigenvalue weighted by Gasteiger charge is 2.19. The molecule has 0 unspecified atom stereocenters. The molecule has 1 N–H and O–H groups in total. The summed E-state index contributed by atoms with van der Waals surface area (Å²) in [6.45, 7) is 7.39. The van der Waals surface area contributed by atoms with Crippen LogP contribution in [0.15, 0.2) is 49.1 Å². The molecule has 10 nitrogen and oxygen atoms in total. The second-order valence-corrected chi connectivity index (χ2v) is 9.37. The Balaban J connectivity index is 1.27. The summed E-state index contributed by atoms with van der Waals surface area (Å²) in [5, 5.41) is 6.91. The number of anilines is 1. The van der Waals surface area contributed by atoms with E-state index in [0.717, 1.165) is 44.4 Å². The fourth-order valence-electron chi connectivity index (χ4n) is 4.20. The lowest BCUT2D eigenvalue weighted by Gasteiger charge is -2.32. The quantitative estimate of drug-likeness (QED) is 0.337. The number of nitrogens with one attached hydrogen (secondary N) is 1. The number of carbonyl (C=O) groups excluding carboxylic acids is 1. The first-order valence-electron chi connectivity index (χ1n) is 12.1. The Hall–Kier alpha value is -3.80. The van der Waals surface area contributed by atoms with Crippen LogP contribution in [0.4, 0.5) is 10.1 Å². The van der Waals surface area contributed by atoms with Crippen molar-refractivity contribution in [1.29, 1.82) is 0 Å². The van der Waals surface area contributed by atoms with Crippen molar-refractivity contribution >= 4 is 28.7 Å². The van der Waals surface area contributed by atoms with E-state index in [0.29, 0.717) is 17.9 Å². The van der Waals surface area contributed by atoms with Gasteiger partial charge in [0.15, 0.2) is 11.6 Å². The van der Waals surface area contributed by atoms with Gasteiger partial charge in [0, 0.05) is 56.2 Å². The van der Waals surface area contributed by atoms with Gasteiger partial charge >= 0.3 is 0 Å². The van der Waals surface area contributed by atoms with E-state index in [4.69, 9.17) is 21.1 Å². The van der Waals surface area contributed by atoms with E-state index in [1.807, 2.05) is 6.92 Å². The van der Waals surface area contributed by atoms with Crippen LogP contribution in [0.2, 0.25) is 5.15 Å². The molecular weight excluding hydrogens is 513 g/mol. The highest BCUT2D eigenvalue weighted by atomic mass is 35.5. The second kappa shape index (κ2) is 11.3. The summed E-state index contributed by atoms with van der Waals surface area (Å²) in [6, 6.07) is 7.22. The molecule has 1 saturated heterocycles. The monoisotopic (exact) mass is 539 g/mol. The minimum Gasteiger partial charge on any atom is -0.490 e. The number of fused-ring (bicyclic) bond motifs is 1. The Morgan fingerprint density at radius 2 is 1.97 bits per heavy atom. The number of benzene rings is 1. The summed E-state index contributed by atoms with van der Waals surface area (Å²) in [5.41, 5.74) is 1.78. The number of aryl methyl sites for hydroxylation is 1. The van der Waals surface area contributed by atoms with Gasteiger partial charge in [-0.2, -0.15) is 10.1 Å². The zero-order valence-electron chi connectivity index (χ0n) is 21.0. The van der Waals surface area contributed by atoms with Gasteiger partial charge in [-0.25, -0.2) is 13.9 Å². The highest BCUT2D eigenvalue weighted by Crippen LogP contribution is 2.33. The van der Waals surface area contributed by atoms with Crippen LogP contribution >= 0.6 is 11.6 Å². The third-order valence-corrected chi connectivity index (χ3v) is 6.71. The van der Waals surface area contributed by atoms with Crippen LogP contribution in [0.3, 0.4) is 0 Å². The first-order chi connectivity index (χ1) is 18.4. The van der Waals surface area contributed by atoms with Crippen LogP contribution < -0.4 is 14.8 Å². The van der Waals surface area contributed by atoms with E-state index in [2.05, 4.69) is 37.2 Å². The zero-order valence-corrected chi connectivity index (χ0v) is 21.8. The molecule has 3 aromatic heterocycles. The molecule has 0 bridgehead atoms. The van der Waals surface area contributed by atoms with Gasteiger partial charge < -0.3 is 19.7 Å². The Morgan fingerprint density at radius 3 is 2.74 bits per heavy atom. The van der Waals surface area contributed by atoms with Crippen molar-refractivity contribution in [1.82, 2.24) is 29.4 Å². The summed E-state index contributed by atoms with van der Waals surface area (Å²) in [5.74, 6) is -0.384. The van der Waals surface area contributed by atoms with Crippen LogP contribution in [-0.4, -0.2) is 81.7 Å². The van der Waals surface area contributed by atoms with Crippen molar-refractivity contribution in [2.24, 2.45) is 0 Å². The number of hydrogen-bond donors (Lipinski definition) is 1. The molecule has 4 aromatic rings. The van der Waals surface area contributed by atoms with E-state index >= 15 is 0 Å². The number of halogens is 2. The molecule has 1 fully saturated rings. The third kappa shape index (κ3) is 5.69. The number of pyridine rings is 1. The smallest absolute Gasteiger partial charge is 0.258 e. The zero-order chi connectivity index (χ0) is 26.6. The fourth-order valence-corrected chi connectivity index (χ4v) is 4.41. The standard InChI is InChI=1S/C26H27ClFN7O3/c1-17-22(37-13-12-34-10-8-33(2)9-11-34)15-35-23(17)26(30-16-31-35)38-21-6-5-18(14-20(21)28)32-25(36)19-4-3-7-29-24(19)27/h3-7,14-16H,8-13H2,1-2H3,(H,32,36). The van der Waals surface area contributed by atoms with Crippen LogP contribution in [-0.2, 0) is 0 Å². The van der Waals surface area contributed by atoms with Crippen LogP contribution in [0.25, 0.3) is 5.52 Å². The van der Waals surface area contributed by atoms with Gasteiger partial charge in [0.25, 0.3) is 5.91 Å². The topological polar surface area (TPSA) is 97.1 Å². The summed E-state index contributed by atoms with van der Waals surface area (Å²) < 4.78 is 28.4. The summed E-state index contributed by atoms with van der Waals surface area (Å²) in [7, 11) is 2.13. The van der Waals surface area contributed by atoms with E-state index in [1.54, 1.807) is 16.8 Å². The first-order valence-corrected chi connectivity index (χ1v) is 12.5. The number of carbonyl (C=O) groups is 1. The van der Waals surface area contributed by atoms with E-state index in [9.17, 15) is 9.18 Å². The van der Waals surface area contributed by atoms with Gasteiger partial charge in [-0.15, -0.1) is 0 Å². The number of piperazine rings is 1. The number of amides is 1. The van der Waals surface area contributed by atoms with Gasteiger partial charge in [0.1, 0.15) is 29.4 Å². The third-order valence-electron chi connectivity index (χ3n) is 6.41. The Kier molecular flexibility index (Phi) is 7.68. The maximum atomic E-state index is 14.9. The highest BCUT2D eigenvalue weighted by molar-refractivity contribution is 6.33. The van der Waals surface area contributed by atoms with Crippen molar-refractivity contribution in [2.75, 3.05) is 51.7 Å². The number of hydrogen-bond acceptors (Lipinski definition) is 8. The normalized spacial score (nSPS) is 14.5. The van der Waals surface area contributed by atoms with Gasteiger partial charge in [-0.1, -0.05) is 11.6 Å². The van der Waals surface area contributed by atoms with Gasteiger partial charge in [0.05, 0.1) is 11.8 Å². The molecule has 0 radical (unpaired) electrons. The van der Waals surface area contributed by atoms with Crippen LogP contribution in [0, 0.1) is 12.7 Å². The number of rotatable bonds is 8. The number of likely N-dealkylation sites (N-methyl/N-ethyl adjacent to an activating group) is 1. The van der Waals surface area contributed by atoms with Crippen molar-refractivity contribution in [3.63, 3.8) is 0 Å². The average Bonchev–Trinajstić information content (AvgIpc) is 3.23. The minimum atomic E-state index is -0.676. The van der Waals surface area contributed by atoms with Crippen molar-refractivity contribution in [3.05, 3.63) is 71.2 Å². The van der Waals surface area contributed by atoms with Gasteiger partial charge in [-0.05, 0) is 38.2 Å². The number of nitrogens with zero attached hydrogens (tertiary/aromatic N) is 6. The van der Waals surface area contributed by atoms with E-state index < -0.39 is 11.7 Å². The molecule has 5 rings (SSSR count). The molecule has 12 heteroatoms. The molecule has 0 saturated carbocycles. The SMILES string of the molecule is Cc1c(OCCN2CCN(C)CC2)cn2ncnc(Oc3ccc(NC(=O)c4cccnc4Cl)cc3F)c12. The van der Waals surface area contributed by atoms with Crippen molar-refractivity contribution < 1.29 is 18.7 Å². The molecule has 1 aromatic carbocycles. The Labute approximate surface area is 223 Å². The lowest BCUT2D eigenvalue weighted by Crippen LogP contribution is -2.45. The molecule has 0 aliphatic carbocycles. The number of ether oxygens (including phenoxy) is 2. The fraction of sp³-hybridized carbons (Fsp3) is 0.308. The molecule has 1 aliphatic rings. The largest absolute Gasteiger partial charge is 0.490 e. The molecule has 1 aliphatic heterocycles. The van der Waals surface area contributed by atoms with Crippen LogP contribution in [0.5, 0.6) is 17.4 Å². The van der Waals surface area contributed by atoms with Crippen molar-refractivity contribution in [3.8, 4) is 17.4 Å². The molecular formula is C26H27ClFN7O3. The predicted molar refractivity (Wildman–Crippen MR) is 141 cm³/mol. The maximum Gasteiger partial charge on any atom is 0.258 e. The Morgan fingerprint density at radius 1 is 1.16 bits per heavy atom. The molecule has 1 amide bonds. The van der Waals surface area contributed by atoms with Crippen molar-refractivity contribution in [2.45, 2.75) is 6.92 Å². The van der Waals surface area contributed by atoms with Gasteiger partial charge in [-0.3, -0.25) is 9.69 Å². The second-order valence-electron chi connectivity index (χ2n) is 9.01.